The average molecular weight is 375 g/mol. The van der Waals surface area contributed by atoms with Gasteiger partial charge in [0, 0.05) is 18.7 Å². The van der Waals surface area contributed by atoms with Crippen LogP contribution in [0.25, 0.3) is 0 Å². The maximum Gasteiger partial charge on any atom is 0.232 e. The molecule has 0 heterocycles. The number of hydrogen-bond donors (Lipinski definition) is 1. The molecule has 140 valence electrons. The van der Waals surface area contributed by atoms with E-state index in [0.717, 1.165) is 27.9 Å². The topological polar surface area (TPSA) is 66.5 Å². The van der Waals surface area contributed by atoms with Crippen LogP contribution >= 0.6 is 0 Å². The van der Waals surface area contributed by atoms with Crippen LogP contribution in [0.15, 0.2) is 36.4 Å². The molecule has 26 heavy (non-hydrogen) atoms. The molecule has 2 aromatic carbocycles. The summed E-state index contributed by atoms with van der Waals surface area (Å²) in [5.41, 5.74) is 5.34. The van der Waals surface area contributed by atoms with Crippen LogP contribution in [0.2, 0.25) is 0 Å². The summed E-state index contributed by atoms with van der Waals surface area (Å²) < 4.78 is 25.9. The van der Waals surface area contributed by atoms with E-state index in [1.807, 2.05) is 64.1 Å². The smallest absolute Gasteiger partial charge is 0.232 e. The van der Waals surface area contributed by atoms with Crippen LogP contribution in [0.4, 0.5) is 11.4 Å². The Hall–Kier alpha value is -2.34. The largest absolute Gasteiger partial charge is 0.326 e. The van der Waals surface area contributed by atoms with Gasteiger partial charge in [-0.25, -0.2) is 8.42 Å². The number of rotatable bonds is 6. The molecule has 0 radical (unpaired) electrons. The van der Waals surface area contributed by atoms with Crippen LogP contribution < -0.4 is 9.62 Å². The van der Waals surface area contributed by atoms with Crippen molar-refractivity contribution in [3.05, 3.63) is 58.7 Å². The normalized spacial score (nSPS) is 11.3. The van der Waals surface area contributed by atoms with Crippen molar-refractivity contribution in [3.63, 3.8) is 0 Å². The SMILES string of the molecule is Cc1ccc(NC(=O)CCN(c2c(C)cccc2C)S(C)(=O)=O)cc1C. The Labute approximate surface area is 156 Å². The van der Waals surface area contributed by atoms with E-state index < -0.39 is 10.0 Å². The van der Waals surface area contributed by atoms with Gasteiger partial charge in [-0.1, -0.05) is 24.3 Å². The maximum absolute atomic E-state index is 12.3. The fraction of sp³-hybridized carbons (Fsp3) is 0.350. The van der Waals surface area contributed by atoms with E-state index in [9.17, 15) is 13.2 Å². The van der Waals surface area contributed by atoms with Gasteiger partial charge in [0.25, 0.3) is 0 Å². The van der Waals surface area contributed by atoms with Gasteiger partial charge in [-0.3, -0.25) is 9.10 Å². The number of anilines is 2. The van der Waals surface area contributed by atoms with Crippen LogP contribution in [0.1, 0.15) is 28.7 Å². The Bertz CT molecular complexity index is 900. The summed E-state index contributed by atoms with van der Waals surface area (Å²) in [6.07, 6.45) is 1.24. The summed E-state index contributed by atoms with van der Waals surface area (Å²) in [5.74, 6) is -0.215. The molecule has 0 atom stereocenters. The van der Waals surface area contributed by atoms with Crippen molar-refractivity contribution in [1.82, 2.24) is 0 Å². The number of nitrogens with one attached hydrogen (secondary N) is 1. The lowest BCUT2D eigenvalue weighted by molar-refractivity contribution is -0.116. The highest BCUT2D eigenvalue weighted by Gasteiger charge is 2.21. The molecule has 5 nitrogen and oxygen atoms in total. The van der Waals surface area contributed by atoms with Gasteiger partial charge < -0.3 is 5.32 Å². The van der Waals surface area contributed by atoms with Gasteiger partial charge in [0.05, 0.1) is 11.9 Å². The van der Waals surface area contributed by atoms with E-state index >= 15 is 0 Å². The van der Waals surface area contributed by atoms with Gasteiger partial charge in [0.15, 0.2) is 0 Å². The van der Waals surface area contributed by atoms with E-state index in [1.54, 1.807) is 0 Å². The Kier molecular flexibility index (Phi) is 6.08. The van der Waals surface area contributed by atoms with Crippen LogP contribution in [0.3, 0.4) is 0 Å². The van der Waals surface area contributed by atoms with Gasteiger partial charge in [0.2, 0.25) is 15.9 Å². The van der Waals surface area contributed by atoms with Crippen molar-refractivity contribution < 1.29 is 13.2 Å². The second kappa shape index (κ2) is 7.91. The highest BCUT2D eigenvalue weighted by atomic mass is 32.2. The molecule has 0 saturated carbocycles. The number of nitrogens with zero attached hydrogens (tertiary/aromatic N) is 1. The Morgan fingerprint density at radius 2 is 1.58 bits per heavy atom. The molecule has 0 aromatic heterocycles. The molecule has 0 aliphatic rings. The zero-order valence-corrected chi connectivity index (χ0v) is 16.8. The summed E-state index contributed by atoms with van der Waals surface area (Å²) in [6, 6.07) is 11.3. The molecule has 0 aliphatic heterocycles. The van der Waals surface area contributed by atoms with Crippen molar-refractivity contribution in [2.24, 2.45) is 0 Å². The summed E-state index contributed by atoms with van der Waals surface area (Å²) >= 11 is 0. The second-order valence-electron chi connectivity index (χ2n) is 6.67. The van der Waals surface area contributed by atoms with Crippen molar-refractivity contribution in [2.75, 3.05) is 22.4 Å². The maximum atomic E-state index is 12.3. The molecule has 2 rings (SSSR count). The van der Waals surface area contributed by atoms with Crippen molar-refractivity contribution >= 4 is 27.3 Å². The molecule has 0 saturated heterocycles. The highest BCUT2D eigenvalue weighted by molar-refractivity contribution is 7.92. The molecule has 0 bridgehead atoms. The van der Waals surface area contributed by atoms with E-state index in [4.69, 9.17) is 0 Å². The summed E-state index contributed by atoms with van der Waals surface area (Å²) in [5, 5.41) is 2.84. The highest BCUT2D eigenvalue weighted by Crippen LogP contribution is 2.27. The fourth-order valence-electron chi connectivity index (χ4n) is 2.89. The fourth-order valence-corrected chi connectivity index (χ4v) is 3.93. The van der Waals surface area contributed by atoms with Crippen molar-refractivity contribution in [1.29, 1.82) is 0 Å². The standard InChI is InChI=1S/C20H26N2O3S/c1-14-9-10-18(13-17(14)4)21-19(23)11-12-22(26(5,24)25)20-15(2)7-6-8-16(20)3/h6-10,13H,11-12H2,1-5H3,(H,21,23). The molecule has 1 N–H and O–H groups in total. The lowest BCUT2D eigenvalue weighted by Gasteiger charge is -2.25. The molecular formula is C20H26N2O3S. The first kappa shape index (κ1) is 20.0. The molecule has 0 fully saturated rings. The number of carbonyl (C=O) groups is 1. The Balaban J connectivity index is 2.15. The van der Waals surface area contributed by atoms with Gasteiger partial charge in [-0.2, -0.15) is 0 Å². The summed E-state index contributed by atoms with van der Waals surface area (Å²) in [7, 11) is -3.49. The monoisotopic (exact) mass is 374 g/mol. The zero-order chi connectivity index (χ0) is 19.5. The minimum absolute atomic E-state index is 0.0772. The first-order valence-corrected chi connectivity index (χ1v) is 10.4. The summed E-state index contributed by atoms with van der Waals surface area (Å²) in [6.45, 7) is 7.83. The molecule has 6 heteroatoms. The van der Waals surface area contributed by atoms with Crippen molar-refractivity contribution in [3.8, 4) is 0 Å². The number of amides is 1. The lowest BCUT2D eigenvalue weighted by atomic mass is 10.1. The third kappa shape index (κ3) is 4.85. The first-order valence-electron chi connectivity index (χ1n) is 8.50. The van der Waals surface area contributed by atoms with Crippen LogP contribution in [0, 0.1) is 27.7 Å². The Morgan fingerprint density at radius 3 is 2.12 bits per heavy atom. The number of carbonyl (C=O) groups excluding carboxylic acids is 1. The molecule has 1 amide bonds. The van der Waals surface area contributed by atoms with E-state index in [-0.39, 0.29) is 18.9 Å². The van der Waals surface area contributed by atoms with E-state index in [2.05, 4.69) is 5.32 Å². The molecular weight excluding hydrogens is 348 g/mol. The van der Waals surface area contributed by atoms with Gasteiger partial charge >= 0.3 is 0 Å². The van der Waals surface area contributed by atoms with Crippen molar-refractivity contribution in [2.45, 2.75) is 34.1 Å². The molecule has 0 unspecified atom stereocenters. The molecule has 2 aromatic rings. The van der Waals surface area contributed by atoms with E-state index in [0.29, 0.717) is 5.69 Å². The average Bonchev–Trinajstić information content (AvgIpc) is 2.52. The van der Waals surface area contributed by atoms with E-state index in [1.165, 1.54) is 10.6 Å². The second-order valence-corrected chi connectivity index (χ2v) is 8.58. The van der Waals surface area contributed by atoms with Crippen LogP contribution in [-0.4, -0.2) is 27.1 Å². The number of aryl methyl sites for hydroxylation is 4. The third-order valence-electron chi connectivity index (χ3n) is 4.42. The Morgan fingerprint density at radius 1 is 0.962 bits per heavy atom. The predicted octanol–water partition coefficient (Wildman–Crippen LogP) is 3.72. The van der Waals surface area contributed by atoms with Crippen LogP contribution in [0.5, 0.6) is 0 Å². The predicted molar refractivity (Wildman–Crippen MR) is 107 cm³/mol. The number of hydrogen-bond acceptors (Lipinski definition) is 3. The van der Waals surface area contributed by atoms with Gasteiger partial charge in [0.1, 0.15) is 0 Å². The quantitative estimate of drug-likeness (QED) is 0.838. The number of sulfonamides is 1. The molecule has 0 spiro atoms. The number of para-hydroxylation sites is 1. The lowest BCUT2D eigenvalue weighted by Crippen LogP contribution is -2.34. The van der Waals surface area contributed by atoms with Crippen LogP contribution in [-0.2, 0) is 14.8 Å². The first-order chi connectivity index (χ1) is 12.1. The summed E-state index contributed by atoms with van der Waals surface area (Å²) in [4.78, 5) is 12.3. The third-order valence-corrected chi connectivity index (χ3v) is 5.59. The van der Waals surface area contributed by atoms with Gasteiger partial charge in [-0.05, 0) is 62.1 Å². The minimum atomic E-state index is -3.49. The molecule has 0 aliphatic carbocycles. The number of benzene rings is 2. The minimum Gasteiger partial charge on any atom is -0.326 e. The zero-order valence-electron chi connectivity index (χ0n) is 16.0. The van der Waals surface area contributed by atoms with Gasteiger partial charge in [-0.15, -0.1) is 0 Å².